The molecular formula is C20H32N6O3. The van der Waals surface area contributed by atoms with Crippen LogP contribution in [0.5, 0.6) is 0 Å². The molecule has 3 fully saturated rings. The predicted molar refractivity (Wildman–Crippen MR) is 107 cm³/mol. The molecule has 3 saturated heterocycles. The van der Waals surface area contributed by atoms with E-state index >= 15 is 0 Å². The molecule has 160 valence electrons. The number of nitrogens with one attached hydrogen (secondary N) is 1. The maximum Gasteiger partial charge on any atom is 0.227 e. The van der Waals surface area contributed by atoms with E-state index in [0.29, 0.717) is 45.8 Å². The van der Waals surface area contributed by atoms with Gasteiger partial charge in [0.05, 0.1) is 31.6 Å². The fraction of sp³-hybridized carbons (Fsp3) is 0.750. The molecule has 0 bridgehead atoms. The molecule has 1 aromatic rings. The highest BCUT2D eigenvalue weighted by molar-refractivity contribution is 5.83. The van der Waals surface area contributed by atoms with Gasteiger partial charge in [0.15, 0.2) is 0 Å². The van der Waals surface area contributed by atoms with Gasteiger partial charge in [-0.3, -0.25) is 14.5 Å². The average molecular weight is 405 g/mol. The fourth-order valence-corrected chi connectivity index (χ4v) is 4.49. The van der Waals surface area contributed by atoms with Crippen molar-refractivity contribution >= 4 is 11.8 Å². The number of aryl methyl sites for hydroxylation is 1. The van der Waals surface area contributed by atoms with E-state index in [4.69, 9.17) is 4.74 Å². The minimum atomic E-state index is -0.111. The van der Waals surface area contributed by atoms with E-state index in [1.165, 1.54) is 0 Å². The van der Waals surface area contributed by atoms with Crippen molar-refractivity contribution in [1.82, 2.24) is 29.6 Å². The molecule has 0 spiro atoms. The lowest BCUT2D eigenvalue weighted by molar-refractivity contribution is -0.143. The molecule has 2 amide bonds. The molecule has 4 rings (SSSR count). The lowest BCUT2D eigenvalue weighted by Gasteiger charge is -2.39. The number of nitrogens with zero attached hydrogens (tertiary/aromatic N) is 5. The first-order valence-electron chi connectivity index (χ1n) is 10.7. The van der Waals surface area contributed by atoms with Gasteiger partial charge in [-0.1, -0.05) is 0 Å². The van der Waals surface area contributed by atoms with Gasteiger partial charge in [-0.25, -0.2) is 4.98 Å². The van der Waals surface area contributed by atoms with Crippen LogP contribution in [0, 0.1) is 11.8 Å². The lowest BCUT2D eigenvalue weighted by atomic mass is 9.88. The Kier molecular flexibility index (Phi) is 6.46. The molecule has 3 aliphatic rings. The van der Waals surface area contributed by atoms with Gasteiger partial charge in [0.1, 0.15) is 5.82 Å². The van der Waals surface area contributed by atoms with Crippen molar-refractivity contribution in [1.29, 1.82) is 0 Å². The minimum Gasteiger partial charge on any atom is -0.378 e. The molecule has 1 N–H and O–H groups in total. The highest BCUT2D eigenvalue weighted by Crippen LogP contribution is 2.22. The smallest absolute Gasteiger partial charge is 0.227 e. The van der Waals surface area contributed by atoms with Crippen LogP contribution in [-0.4, -0.2) is 102 Å². The number of aromatic nitrogens is 2. The van der Waals surface area contributed by atoms with Gasteiger partial charge in [0.25, 0.3) is 0 Å². The van der Waals surface area contributed by atoms with E-state index < -0.39 is 0 Å². The standard InChI is InChI=1S/C20H32N6O3/c1-23-3-2-22-18(23)15-24-4-6-25(7-5-24)19(27)16-12-17(14-21-13-16)20(28)26-8-10-29-11-9-26/h2-3,16-17,21H,4-15H2,1H3/t16-,17-/m0/s1. The maximum atomic E-state index is 13.1. The summed E-state index contributed by atoms with van der Waals surface area (Å²) in [6.45, 7) is 7.86. The van der Waals surface area contributed by atoms with Crippen LogP contribution in [0.4, 0.5) is 0 Å². The first-order valence-corrected chi connectivity index (χ1v) is 10.7. The monoisotopic (exact) mass is 404 g/mol. The molecule has 0 radical (unpaired) electrons. The van der Waals surface area contributed by atoms with Gasteiger partial charge in [-0.2, -0.15) is 0 Å². The summed E-state index contributed by atoms with van der Waals surface area (Å²) in [5, 5.41) is 3.32. The summed E-state index contributed by atoms with van der Waals surface area (Å²) in [6.07, 6.45) is 4.43. The maximum absolute atomic E-state index is 13.1. The number of morpholine rings is 1. The first kappa shape index (κ1) is 20.3. The highest BCUT2D eigenvalue weighted by atomic mass is 16.5. The Balaban J connectivity index is 1.27. The Hall–Kier alpha value is -1.97. The van der Waals surface area contributed by atoms with Gasteiger partial charge in [0, 0.05) is 71.8 Å². The third-order valence-electron chi connectivity index (χ3n) is 6.34. The summed E-state index contributed by atoms with van der Waals surface area (Å²) in [7, 11) is 2.01. The van der Waals surface area contributed by atoms with Crippen molar-refractivity contribution < 1.29 is 14.3 Å². The van der Waals surface area contributed by atoms with Gasteiger partial charge >= 0.3 is 0 Å². The van der Waals surface area contributed by atoms with E-state index in [1.54, 1.807) is 0 Å². The summed E-state index contributed by atoms with van der Waals surface area (Å²) in [6, 6.07) is 0. The number of rotatable bonds is 4. The molecule has 29 heavy (non-hydrogen) atoms. The van der Waals surface area contributed by atoms with Crippen molar-refractivity contribution in [3.63, 3.8) is 0 Å². The second-order valence-corrected chi connectivity index (χ2v) is 8.28. The number of hydrogen-bond acceptors (Lipinski definition) is 6. The van der Waals surface area contributed by atoms with Gasteiger partial charge in [0.2, 0.25) is 11.8 Å². The number of hydrogen-bond donors (Lipinski definition) is 1. The zero-order valence-electron chi connectivity index (χ0n) is 17.3. The molecule has 9 nitrogen and oxygen atoms in total. The molecule has 3 aliphatic heterocycles. The number of carbonyl (C=O) groups is 2. The molecular weight excluding hydrogens is 372 g/mol. The zero-order valence-corrected chi connectivity index (χ0v) is 17.3. The van der Waals surface area contributed by atoms with Crippen molar-refractivity contribution in [3.05, 3.63) is 18.2 Å². The molecule has 0 unspecified atom stereocenters. The molecule has 4 heterocycles. The van der Waals surface area contributed by atoms with E-state index in [-0.39, 0.29) is 23.7 Å². The van der Waals surface area contributed by atoms with Crippen molar-refractivity contribution in [2.24, 2.45) is 18.9 Å². The zero-order chi connectivity index (χ0) is 20.2. The lowest BCUT2D eigenvalue weighted by Crippen LogP contribution is -2.54. The van der Waals surface area contributed by atoms with E-state index in [9.17, 15) is 9.59 Å². The summed E-state index contributed by atoms with van der Waals surface area (Å²) in [4.78, 5) is 36.5. The molecule has 0 aliphatic carbocycles. The number of amides is 2. The second-order valence-electron chi connectivity index (χ2n) is 8.28. The predicted octanol–water partition coefficient (Wildman–Crippen LogP) is -0.851. The van der Waals surface area contributed by atoms with Crippen LogP contribution in [0.15, 0.2) is 12.4 Å². The number of carbonyl (C=O) groups excluding carboxylic acids is 2. The third-order valence-corrected chi connectivity index (χ3v) is 6.34. The second kappa shape index (κ2) is 9.23. The number of piperazine rings is 1. The normalized spacial score (nSPS) is 26.5. The van der Waals surface area contributed by atoms with Crippen LogP contribution in [0.25, 0.3) is 0 Å². The number of piperidine rings is 1. The SMILES string of the molecule is Cn1ccnc1CN1CCN(C(=O)[C@@H]2CNC[C@@H](C(=O)N3CCOCC3)C2)CC1. The van der Waals surface area contributed by atoms with Crippen LogP contribution < -0.4 is 5.32 Å². The molecule has 1 aromatic heterocycles. The minimum absolute atomic E-state index is 0.111. The topological polar surface area (TPSA) is 82.9 Å². The van der Waals surface area contributed by atoms with Crippen LogP contribution in [0.2, 0.25) is 0 Å². The van der Waals surface area contributed by atoms with E-state index in [2.05, 4.69) is 15.2 Å². The average Bonchev–Trinajstić information content (AvgIpc) is 3.18. The summed E-state index contributed by atoms with van der Waals surface area (Å²) < 4.78 is 7.38. The van der Waals surface area contributed by atoms with Crippen LogP contribution in [0.3, 0.4) is 0 Å². The van der Waals surface area contributed by atoms with Crippen molar-refractivity contribution in [2.45, 2.75) is 13.0 Å². The molecule has 2 atom stereocenters. The number of imidazole rings is 1. The van der Waals surface area contributed by atoms with Crippen molar-refractivity contribution in [2.75, 3.05) is 65.6 Å². The Morgan fingerprint density at radius 3 is 2.24 bits per heavy atom. The molecule has 9 heteroatoms. The van der Waals surface area contributed by atoms with Crippen LogP contribution >= 0.6 is 0 Å². The van der Waals surface area contributed by atoms with Crippen LogP contribution in [0.1, 0.15) is 12.2 Å². The molecule has 0 aromatic carbocycles. The van der Waals surface area contributed by atoms with Gasteiger partial charge < -0.3 is 24.4 Å². The Bertz CT molecular complexity index is 709. The quantitative estimate of drug-likeness (QED) is 0.704. The Morgan fingerprint density at radius 1 is 1.03 bits per heavy atom. The molecule has 0 saturated carbocycles. The van der Waals surface area contributed by atoms with E-state index in [1.807, 2.05) is 33.8 Å². The largest absolute Gasteiger partial charge is 0.378 e. The number of ether oxygens (including phenoxy) is 1. The summed E-state index contributed by atoms with van der Waals surface area (Å²) in [5.41, 5.74) is 0. The Labute approximate surface area is 172 Å². The summed E-state index contributed by atoms with van der Waals surface area (Å²) in [5.74, 6) is 1.18. The summed E-state index contributed by atoms with van der Waals surface area (Å²) >= 11 is 0. The van der Waals surface area contributed by atoms with Gasteiger partial charge in [-0.15, -0.1) is 0 Å². The van der Waals surface area contributed by atoms with Gasteiger partial charge in [-0.05, 0) is 6.42 Å². The van der Waals surface area contributed by atoms with Crippen molar-refractivity contribution in [3.8, 4) is 0 Å². The first-order chi connectivity index (χ1) is 14.1. The van der Waals surface area contributed by atoms with Crippen LogP contribution in [-0.2, 0) is 27.9 Å². The third kappa shape index (κ3) is 4.79. The van der Waals surface area contributed by atoms with E-state index in [0.717, 1.165) is 38.5 Å². The highest BCUT2D eigenvalue weighted by Gasteiger charge is 2.36. The fourth-order valence-electron chi connectivity index (χ4n) is 4.49. The Morgan fingerprint density at radius 2 is 1.66 bits per heavy atom.